The minimum absolute atomic E-state index is 0.00622. The number of hydrogen-bond donors (Lipinski definition) is 0. The van der Waals surface area contributed by atoms with Gasteiger partial charge in [-0.1, -0.05) is 0 Å². The molecule has 0 fully saturated rings. The van der Waals surface area contributed by atoms with Crippen LogP contribution in [-0.2, 0) is 9.84 Å². The van der Waals surface area contributed by atoms with Crippen LogP contribution in [0.5, 0.6) is 11.5 Å². The van der Waals surface area contributed by atoms with E-state index in [1.165, 1.54) is 6.07 Å². The second-order valence-electron chi connectivity index (χ2n) is 4.29. The first-order valence-corrected chi connectivity index (χ1v) is 8.28. The standard InChI is InChI=1S/C14H7BrF3NO3S/c15-12-6-11(23(20,21)14(17)18)1-2-13(12)22-10-4-8(7-19)3-9(16)5-10/h1-6,14H. The van der Waals surface area contributed by atoms with Gasteiger partial charge in [0.2, 0.25) is 9.84 Å². The van der Waals surface area contributed by atoms with E-state index in [-0.39, 0.29) is 21.5 Å². The summed E-state index contributed by atoms with van der Waals surface area (Å²) in [6, 6.07) is 8.13. The van der Waals surface area contributed by atoms with Gasteiger partial charge in [0.05, 0.1) is 21.0 Å². The number of sulfone groups is 1. The number of ether oxygens (including phenoxy) is 1. The lowest BCUT2D eigenvalue weighted by Gasteiger charge is -2.10. The number of benzene rings is 2. The monoisotopic (exact) mass is 405 g/mol. The van der Waals surface area contributed by atoms with Crippen molar-refractivity contribution in [2.24, 2.45) is 0 Å². The van der Waals surface area contributed by atoms with E-state index in [0.717, 1.165) is 30.3 Å². The molecule has 2 aromatic rings. The van der Waals surface area contributed by atoms with Crippen molar-refractivity contribution in [3.63, 3.8) is 0 Å². The third-order valence-corrected chi connectivity index (χ3v) is 4.69. The zero-order valence-corrected chi connectivity index (χ0v) is 13.5. The van der Waals surface area contributed by atoms with E-state index >= 15 is 0 Å². The molecular formula is C14H7BrF3NO3S. The minimum Gasteiger partial charge on any atom is -0.456 e. The molecule has 2 rings (SSSR count). The van der Waals surface area contributed by atoms with Gasteiger partial charge in [0.1, 0.15) is 17.3 Å². The molecule has 9 heteroatoms. The van der Waals surface area contributed by atoms with Crippen molar-refractivity contribution in [1.29, 1.82) is 5.26 Å². The van der Waals surface area contributed by atoms with Crippen molar-refractivity contribution in [3.8, 4) is 17.6 Å². The molecule has 0 bridgehead atoms. The average molecular weight is 406 g/mol. The molecule has 0 radical (unpaired) electrons. The van der Waals surface area contributed by atoms with E-state index in [9.17, 15) is 21.6 Å². The van der Waals surface area contributed by atoms with Crippen LogP contribution in [0.3, 0.4) is 0 Å². The van der Waals surface area contributed by atoms with Crippen molar-refractivity contribution in [1.82, 2.24) is 0 Å². The highest BCUT2D eigenvalue weighted by molar-refractivity contribution is 9.10. The third-order valence-electron chi connectivity index (χ3n) is 2.69. The van der Waals surface area contributed by atoms with Crippen LogP contribution in [0.25, 0.3) is 0 Å². The van der Waals surface area contributed by atoms with E-state index in [2.05, 4.69) is 15.9 Å². The van der Waals surface area contributed by atoms with Gasteiger partial charge in [0.25, 0.3) is 0 Å². The van der Waals surface area contributed by atoms with Crippen LogP contribution < -0.4 is 4.74 Å². The summed E-state index contributed by atoms with van der Waals surface area (Å²) in [5.41, 5.74) is 0.0352. The lowest BCUT2D eigenvalue weighted by Crippen LogP contribution is -2.11. The maximum atomic E-state index is 13.3. The van der Waals surface area contributed by atoms with Crippen molar-refractivity contribution < 1.29 is 26.3 Å². The molecule has 0 unspecified atom stereocenters. The molecule has 0 aliphatic carbocycles. The van der Waals surface area contributed by atoms with Gasteiger partial charge in [-0.15, -0.1) is 0 Å². The van der Waals surface area contributed by atoms with Gasteiger partial charge >= 0.3 is 5.76 Å². The van der Waals surface area contributed by atoms with Crippen LogP contribution in [0.2, 0.25) is 0 Å². The highest BCUT2D eigenvalue weighted by Crippen LogP contribution is 2.33. The Hall–Kier alpha value is -2.05. The molecule has 4 nitrogen and oxygen atoms in total. The Morgan fingerprint density at radius 1 is 1.17 bits per heavy atom. The minimum atomic E-state index is -4.73. The van der Waals surface area contributed by atoms with E-state index in [4.69, 9.17) is 10.00 Å². The largest absolute Gasteiger partial charge is 0.456 e. The second-order valence-corrected chi connectivity index (χ2v) is 7.06. The third kappa shape index (κ3) is 3.83. The predicted molar refractivity (Wildman–Crippen MR) is 78.5 cm³/mol. The van der Waals surface area contributed by atoms with Gasteiger partial charge in [-0.25, -0.2) is 12.8 Å². The fraction of sp³-hybridized carbons (Fsp3) is 0.0714. The lowest BCUT2D eigenvalue weighted by molar-refractivity contribution is 0.234. The van der Waals surface area contributed by atoms with Crippen molar-refractivity contribution >= 4 is 25.8 Å². The van der Waals surface area contributed by atoms with Gasteiger partial charge < -0.3 is 4.74 Å². The van der Waals surface area contributed by atoms with E-state index < -0.39 is 26.3 Å². The van der Waals surface area contributed by atoms with Gasteiger partial charge in [0.15, 0.2) is 0 Å². The van der Waals surface area contributed by atoms with E-state index in [1.807, 2.05) is 0 Å². The molecule has 0 aliphatic heterocycles. The normalized spacial score (nSPS) is 11.3. The Morgan fingerprint density at radius 2 is 1.87 bits per heavy atom. The Labute approximate surface area is 138 Å². The molecule has 2 aromatic carbocycles. The Kier molecular flexibility index (Phi) is 4.97. The zero-order valence-electron chi connectivity index (χ0n) is 11.1. The van der Waals surface area contributed by atoms with Crippen LogP contribution in [0.1, 0.15) is 5.56 Å². The molecule has 0 saturated heterocycles. The fourth-order valence-corrected chi connectivity index (χ4v) is 3.01. The average Bonchev–Trinajstić information content (AvgIpc) is 2.48. The molecule has 0 atom stereocenters. The van der Waals surface area contributed by atoms with Crippen LogP contribution in [0.15, 0.2) is 45.8 Å². The highest BCUT2D eigenvalue weighted by atomic mass is 79.9. The Bertz CT molecular complexity index is 895. The maximum Gasteiger partial charge on any atom is 0.341 e. The molecular weight excluding hydrogens is 399 g/mol. The summed E-state index contributed by atoms with van der Waals surface area (Å²) >= 11 is 3.01. The lowest BCUT2D eigenvalue weighted by atomic mass is 10.2. The van der Waals surface area contributed by atoms with Gasteiger partial charge in [-0.3, -0.25) is 0 Å². The fourth-order valence-electron chi connectivity index (χ4n) is 1.66. The molecule has 0 saturated carbocycles. The summed E-state index contributed by atoms with van der Waals surface area (Å²) in [5.74, 6) is -4.14. The SMILES string of the molecule is N#Cc1cc(F)cc(Oc2ccc(S(=O)(=O)C(F)F)cc2Br)c1. The quantitative estimate of drug-likeness (QED) is 0.762. The number of nitriles is 1. The Morgan fingerprint density at radius 3 is 2.43 bits per heavy atom. The molecule has 0 spiro atoms. The second kappa shape index (κ2) is 6.60. The van der Waals surface area contributed by atoms with Crippen LogP contribution in [0, 0.1) is 17.1 Å². The summed E-state index contributed by atoms with van der Waals surface area (Å²) < 4.78 is 66.5. The van der Waals surface area contributed by atoms with E-state index in [0.29, 0.717) is 0 Å². The summed E-state index contributed by atoms with van der Waals surface area (Å²) in [4.78, 5) is -0.580. The van der Waals surface area contributed by atoms with Crippen molar-refractivity contribution in [3.05, 3.63) is 52.3 Å². The van der Waals surface area contributed by atoms with Gasteiger partial charge in [-0.05, 0) is 46.3 Å². The van der Waals surface area contributed by atoms with E-state index in [1.54, 1.807) is 6.07 Å². The summed E-state index contributed by atoms with van der Waals surface area (Å²) in [6.45, 7) is 0. The summed E-state index contributed by atoms with van der Waals surface area (Å²) in [7, 11) is -4.73. The number of alkyl halides is 2. The molecule has 0 aliphatic rings. The zero-order chi connectivity index (χ0) is 17.2. The van der Waals surface area contributed by atoms with Crippen molar-refractivity contribution in [2.45, 2.75) is 10.7 Å². The molecule has 23 heavy (non-hydrogen) atoms. The van der Waals surface area contributed by atoms with Gasteiger partial charge in [-0.2, -0.15) is 14.0 Å². The first-order chi connectivity index (χ1) is 10.7. The topological polar surface area (TPSA) is 67.2 Å². The van der Waals surface area contributed by atoms with Gasteiger partial charge in [0, 0.05) is 6.07 Å². The van der Waals surface area contributed by atoms with Crippen molar-refractivity contribution in [2.75, 3.05) is 0 Å². The first kappa shape index (κ1) is 17.3. The summed E-state index contributed by atoms with van der Waals surface area (Å²) in [6.07, 6.45) is 0. The van der Waals surface area contributed by atoms with Crippen LogP contribution in [-0.4, -0.2) is 14.2 Å². The number of hydrogen-bond acceptors (Lipinski definition) is 4. The number of nitrogens with zero attached hydrogens (tertiary/aromatic N) is 1. The predicted octanol–water partition coefficient (Wildman–Crippen LogP) is 4.25. The molecule has 0 N–H and O–H groups in total. The highest BCUT2D eigenvalue weighted by Gasteiger charge is 2.27. The summed E-state index contributed by atoms with van der Waals surface area (Å²) in [5, 5.41) is 8.77. The van der Waals surface area contributed by atoms with Crippen LogP contribution >= 0.6 is 15.9 Å². The molecule has 0 aromatic heterocycles. The Balaban J connectivity index is 2.37. The molecule has 0 amide bonds. The number of rotatable bonds is 4. The van der Waals surface area contributed by atoms with Crippen LogP contribution in [0.4, 0.5) is 13.2 Å². The molecule has 0 heterocycles. The maximum absolute atomic E-state index is 13.3. The molecule has 120 valence electrons. The number of halogens is 4. The smallest absolute Gasteiger partial charge is 0.341 e. The first-order valence-electron chi connectivity index (χ1n) is 5.94.